The lowest BCUT2D eigenvalue weighted by Crippen LogP contribution is -2.25. The van der Waals surface area contributed by atoms with Gasteiger partial charge in [0.05, 0.1) is 5.41 Å². The monoisotopic (exact) mass is 247 g/mol. The summed E-state index contributed by atoms with van der Waals surface area (Å²) in [5, 5.41) is 7.68. The number of aromatic nitrogens is 2. The molecule has 4 nitrogen and oxygen atoms in total. The number of hydrogen-bond donors (Lipinski definition) is 1. The van der Waals surface area contributed by atoms with Gasteiger partial charge in [-0.2, -0.15) is 4.98 Å². The normalized spacial score (nSPS) is 42.8. The molecule has 2 aliphatic carbocycles. The minimum Gasteiger partial charge on any atom is -0.339 e. The first-order valence-electron chi connectivity index (χ1n) is 7.29. The van der Waals surface area contributed by atoms with E-state index < -0.39 is 0 Å². The van der Waals surface area contributed by atoms with Gasteiger partial charge < -0.3 is 9.84 Å². The van der Waals surface area contributed by atoms with E-state index in [4.69, 9.17) is 9.51 Å². The van der Waals surface area contributed by atoms with Crippen molar-refractivity contribution >= 4 is 0 Å². The van der Waals surface area contributed by atoms with E-state index in [1.165, 1.54) is 25.7 Å². The van der Waals surface area contributed by atoms with Crippen molar-refractivity contribution in [2.75, 3.05) is 13.1 Å². The first-order chi connectivity index (χ1) is 8.74. The topological polar surface area (TPSA) is 51.0 Å². The first kappa shape index (κ1) is 11.0. The van der Waals surface area contributed by atoms with Crippen molar-refractivity contribution in [3.63, 3.8) is 0 Å². The minimum absolute atomic E-state index is 0.0584. The molecule has 1 aliphatic heterocycles. The smallest absolute Gasteiger partial charge is 0.233 e. The molecule has 1 aromatic heterocycles. The Morgan fingerprint density at radius 2 is 2.28 bits per heavy atom. The Kier molecular flexibility index (Phi) is 2.31. The predicted octanol–water partition coefficient (Wildman–Crippen LogP) is 2.22. The van der Waals surface area contributed by atoms with Gasteiger partial charge in [0.25, 0.3) is 0 Å². The molecule has 4 rings (SSSR count). The van der Waals surface area contributed by atoms with E-state index in [-0.39, 0.29) is 5.41 Å². The van der Waals surface area contributed by atoms with Crippen LogP contribution in [-0.4, -0.2) is 23.2 Å². The highest BCUT2D eigenvalue weighted by atomic mass is 16.5. The lowest BCUT2D eigenvalue weighted by Gasteiger charge is -2.18. The number of hydrogen-bond acceptors (Lipinski definition) is 4. The summed E-state index contributed by atoms with van der Waals surface area (Å²) in [5.74, 6) is 4.19. The second kappa shape index (κ2) is 3.80. The van der Waals surface area contributed by atoms with Crippen LogP contribution in [0.3, 0.4) is 0 Å². The molecule has 2 heterocycles. The maximum atomic E-state index is 5.57. The number of nitrogens with zero attached hydrogens (tertiary/aromatic N) is 2. The maximum Gasteiger partial charge on any atom is 0.233 e. The SMILES string of the molecule is CC1(c2nc(C3CC4CCC3C4)no2)CCNC1. The van der Waals surface area contributed by atoms with Gasteiger partial charge in [-0.1, -0.05) is 11.6 Å². The molecule has 0 aromatic carbocycles. The molecule has 1 saturated heterocycles. The van der Waals surface area contributed by atoms with Crippen molar-refractivity contribution in [1.29, 1.82) is 0 Å². The van der Waals surface area contributed by atoms with Crippen molar-refractivity contribution in [2.24, 2.45) is 11.8 Å². The molecule has 0 radical (unpaired) electrons. The molecule has 0 spiro atoms. The Hall–Kier alpha value is -0.900. The van der Waals surface area contributed by atoms with Crippen molar-refractivity contribution in [3.05, 3.63) is 11.7 Å². The number of fused-ring (bicyclic) bond motifs is 2. The van der Waals surface area contributed by atoms with Gasteiger partial charge in [0.15, 0.2) is 5.82 Å². The standard InChI is InChI=1S/C14H21N3O/c1-14(4-5-15-8-14)13-16-12(17-18-13)11-7-9-2-3-10(11)6-9/h9-11,15H,2-8H2,1H3. The van der Waals surface area contributed by atoms with Crippen LogP contribution in [-0.2, 0) is 5.41 Å². The van der Waals surface area contributed by atoms with E-state index in [0.717, 1.165) is 43.1 Å². The third kappa shape index (κ3) is 1.54. The average molecular weight is 247 g/mol. The predicted molar refractivity (Wildman–Crippen MR) is 67.3 cm³/mol. The fraction of sp³-hybridized carbons (Fsp3) is 0.857. The van der Waals surface area contributed by atoms with Gasteiger partial charge in [-0.15, -0.1) is 0 Å². The summed E-state index contributed by atoms with van der Waals surface area (Å²) in [4.78, 5) is 4.75. The first-order valence-corrected chi connectivity index (χ1v) is 7.29. The molecule has 3 aliphatic rings. The quantitative estimate of drug-likeness (QED) is 0.870. The number of nitrogens with one attached hydrogen (secondary N) is 1. The molecule has 4 heteroatoms. The fourth-order valence-corrected chi connectivity index (χ4v) is 4.19. The van der Waals surface area contributed by atoms with Crippen molar-refractivity contribution in [2.45, 2.75) is 50.4 Å². The van der Waals surface area contributed by atoms with Crippen LogP contribution >= 0.6 is 0 Å². The molecular weight excluding hydrogens is 226 g/mol. The highest BCUT2D eigenvalue weighted by molar-refractivity contribution is 5.12. The summed E-state index contributed by atoms with van der Waals surface area (Å²) < 4.78 is 5.57. The molecule has 98 valence electrons. The van der Waals surface area contributed by atoms with Gasteiger partial charge in [-0.3, -0.25) is 0 Å². The molecule has 1 aromatic rings. The van der Waals surface area contributed by atoms with Crippen LogP contribution < -0.4 is 5.32 Å². The highest BCUT2D eigenvalue weighted by Gasteiger charge is 2.43. The molecule has 0 amide bonds. The van der Waals surface area contributed by atoms with Gasteiger partial charge in [0, 0.05) is 12.5 Å². The van der Waals surface area contributed by atoms with E-state index >= 15 is 0 Å². The van der Waals surface area contributed by atoms with Crippen molar-refractivity contribution < 1.29 is 4.52 Å². The van der Waals surface area contributed by atoms with Crippen molar-refractivity contribution in [3.8, 4) is 0 Å². The van der Waals surface area contributed by atoms with Crippen LogP contribution in [0.25, 0.3) is 0 Å². The molecule has 18 heavy (non-hydrogen) atoms. The molecule has 4 atom stereocenters. The van der Waals surface area contributed by atoms with Crippen LogP contribution in [0.5, 0.6) is 0 Å². The number of rotatable bonds is 2. The molecular formula is C14H21N3O. The van der Waals surface area contributed by atoms with Gasteiger partial charge in [-0.25, -0.2) is 0 Å². The highest BCUT2D eigenvalue weighted by Crippen LogP contribution is 2.52. The zero-order valence-electron chi connectivity index (χ0n) is 11.0. The third-order valence-corrected chi connectivity index (χ3v) is 5.40. The second-order valence-electron chi connectivity index (χ2n) is 6.73. The summed E-state index contributed by atoms with van der Waals surface area (Å²) in [6.07, 6.45) is 6.59. The maximum absolute atomic E-state index is 5.57. The minimum atomic E-state index is 0.0584. The van der Waals surface area contributed by atoms with E-state index in [9.17, 15) is 0 Å². The van der Waals surface area contributed by atoms with Crippen LogP contribution in [0.2, 0.25) is 0 Å². The Morgan fingerprint density at radius 1 is 1.33 bits per heavy atom. The van der Waals surface area contributed by atoms with Crippen LogP contribution in [0.4, 0.5) is 0 Å². The van der Waals surface area contributed by atoms with Crippen molar-refractivity contribution in [1.82, 2.24) is 15.5 Å². The van der Waals surface area contributed by atoms with Crippen LogP contribution in [0.15, 0.2) is 4.52 Å². The van der Waals surface area contributed by atoms with E-state index in [2.05, 4.69) is 17.4 Å². The van der Waals surface area contributed by atoms with E-state index in [1.54, 1.807) is 0 Å². The summed E-state index contributed by atoms with van der Waals surface area (Å²) in [6, 6.07) is 0. The Labute approximate surface area is 108 Å². The largest absolute Gasteiger partial charge is 0.339 e. The zero-order valence-corrected chi connectivity index (χ0v) is 11.0. The average Bonchev–Trinajstić information content (AvgIpc) is 3.13. The van der Waals surface area contributed by atoms with Gasteiger partial charge >= 0.3 is 0 Å². The van der Waals surface area contributed by atoms with Gasteiger partial charge in [-0.05, 0) is 51.0 Å². The fourth-order valence-electron chi connectivity index (χ4n) is 4.19. The second-order valence-corrected chi connectivity index (χ2v) is 6.73. The zero-order chi connectivity index (χ0) is 12.2. The summed E-state index contributed by atoms with van der Waals surface area (Å²) in [7, 11) is 0. The molecule has 3 fully saturated rings. The lowest BCUT2D eigenvalue weighted by molar-refractivity contribution is 0.300. The molecule has 2 bridgehead atoms. The third-order valence-electron chi connectivity index (χ3n) is 5.40. The molecule has 4 unspecified atom stereocenters. The van der Waals surface area contributed by atoms with E-state index in [0.29, 0.717) is 5.92 Å². The Morgan fingerprint density at radius 3 is 2.94 bits per heavy atom. The van der Waals surface area contributed by atoms with Crippen LogP contribution in [0.1, 0.15) is 56.7 Å². The van der Waals surface area contributed by atoms with Gasteiger partial charge in [0.1, 0.15) is 0 Å². The molecule has 1 N–H and O–H groups in total. The Balaban J connectivity index is 1.58. The van der Waals surface area contributed by atoms with Gasteiger partial charge in [0.2, 0.25) is 5.89 Å². The molecule has 2 saturated carbocycles. The van der Waals surface area contributed by atoms with E-state index in [1.807, 2.05) is 0 Å². The summed E-state index contributed by atoms with van der Waals surface area (Å²) in [5.41, 5.74) is 0.0584. The Bertz CT molecular complexity index is 450. The summed E-state index contributed by atoms with van der Waals surface area (Å²) >= 11 is 0. The lowest BCUT2D eigenvalue weighted by atomic mass is 9.87. The van der Waals surface area contributed by atoms with Crippen LogP contribution in [0, 0.1) is 11.8 Å². The summed E-state index contributed by atoms with van der Waals surface area (Å²) in [6.45, 7) is 4.25.